The third-order valence-electron chi connectivity index (χ3n) is 7.90. The van der Waals surface area contributed by atoms with Gasteiger partial charge in [0.15, 0.2) is 5.79 Å². The molecule has 0 aromatic heterocycles. The standard InChI is InChI=1S/C20H28O3/c1-19-8-6-15-14-7-9-20(22-10-11-23-20)12-13(14)2-3-16(15)17(19)4-5-18(19)21/h15-17H,2-12H2,1H3/t15?,16?,17-,19?/m0/s1. The minimum absolute atomic E-state index is 0.00674. The first-order valence-corrected chi connectivity index (χ1v) is 9.63. The first-order valence-electron chi connectivity index (χ1n) is 9.63. The minimum atomic E-state index is -0.280. The predicted molar refractivity (Wildman–Crippen MR) is 86.8 cm³/mol. The summed E-state index contributed by atoms with van der Waals surface area (Å²) >= 11 is 0. The second-order valence-electron chi connectivity index (χ2n) is 8.75. The van der Waals surface area contributed by atoms with Gasteiger partial charge < -0.3 is 9.47 Å². The van der Waals surface area contributed by atoms with Crippen LogP contribution in [0, 0.1) is 23.2 Å². The first kappa shape index (κ1) is 14.7. The smallest absolute Gasteiger partial charge is 0.172 e. The zero-order valence-electron chi connectivity index (χ0n) is 14.2. The van der Waals surface area contributed by atoms with Crippen LogP contribution < -0.4 is 0 Å². The molecule has 126 valence electrons. The molecule has 5 aliphatic rings. The molecule has 3 nitrogen and oxygen atoms in total. The summed E-state index contributed by atoms with van der Waals surface area (Å²) in [6.45, 7) is 3.79. The molecule has 0 N–H and O–H groups in total. The lowest BCUT2D eigenvalue weighted by Crippen LogP contribution is -2.45. The molecule has 3 unspecified atom stereocenters. The van der Waals surface area contributed by atoms with Crippen molar-refractivity contribution < 1.29 is 14.3 Å². The Hall–Kier alpha value is -0.670. The van der Waals surface area contributed by atoms with Gasteiger partial charge in [-0.2, -0.15) is 0 Å². The highest BCUT2D eigenvalue weighted by molar-refractivity contribution is 5.87. The Bertz CT molecular complexity index is 571. The predicted octanol–water partition coefficient (Wildman–Crippen LogP) is 4.02. The van der Waals surface area contributed by atoms with Crippen molar-refractivity contribution in [1.29, 1.82) is 0 Å². The normalized spacial score (nSPS) is 45.1. The van der Waals surface area contributed by atoms with Crippen LogP contribution in [-0.4, -0.2) is 24.8 Å². The van der Waals surface area contributed by atoms with E-state index in [0.29, 0.717) is 11.7 Å². The molecule has 0 aromatic rings. The van der Waals surface area contributed by atoms with Crippen molar-refractivity contribution in [1.82, 2.24) is 0 Å². The number of ether oxygens (including phenoxy) is 2. The van der Waals surface area contributed by atoms with Crippen LogP contribution in [0.2, 0.25) is 0 Å². The van der Waals surface area contributed by atoms with Gasteiger partial charge in [0.25, 0.3) is 0 Å². The number of hydrogen-bond donors (Lipinski definition) is 0. The van der Waals surface area contributed by atoms with E-state index in [0.717, 1.165) is 63.6 Å². The van der Waals surface area contributed by atoms with Crippen LogP contribution in [0.5, 0.6) is 0 Å². The zero-order valence-corrected chi connectivity index (χ0v) is 14.2. The summed E-state index contributed by atoms with van der Waals surface area (Å²) in [5.41, 5.74) is 3.40. The summed E-state index contributed by atoms with van der Waals surface area (Å²) in [6.07, 6.45) is 10.0. The summed E-state index contributed by atoms with van der Waals surface area (Å²) in [5.74, 6) is 2.44. The molecule has 1 aliphatic heterocycles. The Kier molecular flexibility index (Phi) is 3.13. The number of carbonyl (C=O) groups is 1. The second-order valence-corrected chi connectivity index (χ2v) is 8.75. The number of ketones is 1. The van der Waals surface area contributed by atoms with Gasteiger partial charge in [-0.3, -0.25) is 4.79 Å². The Labute approximate surface area is 138 Å². The summed E-state index contributed by atoms with van der Waals surface area (Å²) in [6, 6.07) is 0. The summed E-state index contributed by atoms with van der Waals surface area (Å²) in [7, 11) is 0. The number of hydrogen-bond acceptors (Lipinski definition) is 3. The van der Waals surface area contributed by atoms with Gasteiger partial charge in [0.1, 0.15) is 5.78 Å². The third kappa shape index (κ3) is 1.99. The first-order chi connectivity index (χ1) is 11.1. The van der Waals surface area contributed by atoms with Crippen LogP contribution in [-0.2, 0) is 14.3 Å². The summed E-state index contributed by atoms with van der Waals surface area (Å²) < 4.78 is 11.9. The average molecular weight is 316 g/mol. The van der Waals surface area contributed by atoms with E-state index in [1.54, 1.807) is 11.1 Å². The fourth-order valence-corrected chi connectivity index (χ4v) is 6.70. The molecular formula is C20H28O3. The van der Waals surface area contributed by atoms with E-state index in [-0.39, 0.29) is 11.2 Å². The summed E-state index contributed by atoms with van der Waals surface area (Å²) in [4.78, 5) is 12.4. The molecule has 0 radical (unpaired) electrons. The highest BCUT2D eigenvalue weighted by Gasteiger charge is 2.55. The highest BCUT2D eigenvalue weighted by atomic mass is 16.7. The van der Waals surface area contributed by atoms with Crippen LogP contribution in [0.4, 0.5) is 0 Å². The number of allylic oxidation sites excluding steroid dienone is 1. The largest absolute Gasteiger partial charge is 0.347 e. The molecule has 0 bridgehead atoms. The Balaban J connectivity index is 1.43. The van der Waals surface area contributed by atoms with Crippen LogP contribution >= 0.6 is 0 Å². The maximum absolute atomic E-state index is 12.4. The zero-order chi connectivity index (χ0) is 15.7. The van der Waals surface area contributed by atoms with Crippen molar-refractivity contribution in [3.05, 3.63) is 11.1 Å². The molecule has 23 heavy (non-hydrogen) atoms. The topological polar surface area (TPSA) is 35.5 Å². The molecule has 0 aromatic carbocycles. The van der Waals surface area contributed by atoms with E-state index >= 15 is 0 Å². The quantitative estimate of drug-likeness (QED) is 0.633. The molecule has 1 saturated heterocycles. The van der Waals surface area contributed by atoms with Gasteiger partial charge in [0, 0.05) is 24.7 Å². The van der Waals surface area contributed by atoms with Gasteiger partial charge >= 0.3 is 0 Å². The van der Waals surface area contributed by atoms with Gasteiger partial charge in [0.05, 0.1) is 13.2 Å². The van der Waals surface area contributed by atoms with Gasteiger partial charge in [-0.15, -0.1) is 0 Å². The van der Waals surface area contributed by atoms with Gasteiger partial charge in [-0.25, -0.2) is 0 Å². The molecule has 1 spiro atoms. The fourth-order valence-electron chi connectivity index (χ4n) is 6.70. The van der Waals surface area contributed by atoms with Crippen LogP contribution in [0.1, 0.15) is 64.7 Å². The number of rotatable bonds is 0. The Morgan fingerprint density at radius 1 is 1.00 bits per heavy atom. The van der Waals surface area contributed by atoms with E-state index in [2.05, 4.69) is 6.92 Å². The maximum atomic E-state index is 12.4. The molecule has 0 amide bonds. The molecule has 4 aliphatic carbocycles. The van der Waals surface area contributed by atoms with Crippen molar-refractivity contribution in [2.45, 2.75) is 70.5 Å². The van der Waals surface area contributed by atoms with Gasteiger partial charge in [-0.1, -0.05) is 18.1 Å². The number of fused-ring (bicyclic) bond motifs is 4. The van der Waals surface area contributed by atoms with E-state index in [1.807, 2.05) is 0 Å². The molecule has 5 rings (SSSR count). The van der Waals surface area contributed by atoms with E-state index in [1.165, 1.54) is 19.3 Å². The molecule has 2 saturated carbocycles. The van der Waals surface area contributed by atoms with Crippen molar-refractivity contribution in [3.63, 3.8) is 0 Å². The SMILES string of the molecule is CC12CCC3C4=C(CCC3[C@@H]1CCC2=O)CC1(CC4)OCCO1. The van der Waals surface area contributed by atoms with E-state index in [9.17, 15) is 4.79 Å². The van der Waals surface area contributed by atoms with Crippen LogP contribution in [0.3, 0.4) is 0 Å². The molecule has 4 atom stereocenters. The second kappa shape index (κ2) is 4.92. The average Bonchev–Trinajstić information content (AvgIpc) is 3.12. The lowest BCUT2D eigenvalue weighted by molar-refractivity contribution is -0.165. The van der Waals surface area contributed by atoms with E-state index in [4.69, 9.17) is 9.47 Å². The maximum Gasteiger partial charge on any atom is 0.172 e. The Morgan fingerprint density at radius 3 is 2.65 bits per heavy atom. The van der Waals surface area contributed by atoms with Crippen molar-refractivity contribution >= 4 is 5.78 Å². The van der Waals surface area contributed by atoms with E-state index < -0.39 is 0 Å². The van der Waals surface area contributed by atoms with Crippen molar-refractivity contribution in [3.8, 4) is 0 Å². The lowest BCUT2D eigenvalue weighted by atomic mass is 9.54. The van der Waals surface area contributed by atoms with Crippen molar-refractivity contribution in [2.24, 2.45) is 23.2 Å². The lowest BCUT2D eigenvalue weighted by Gasteiger charge is -2.51. The highest BCUT2D eigenvalue weighted by Crippen LogP contribution is 2.60. The fraction of sp³-hybridized carbons (Fsp3) is 0.850. The molecule has 3 heteroatoms. The monoisotopic (exact) mass is 316 g/mol. The van der Waals surface area contributed by atoms with Crippen molar-refractivity contribution in [2.75, 3.05) is 13.2 Å². The number of Topliss-reactive ketones (excluding diaryl/α,β-unsaturated/α-hetero) is 1. The van der Waals surface area contributed by atoms with Crippen LogP contribution in [0.15, 0.2) is 11.1 Å². The molecule has 1 heterocycles. The summed E-state index contributed by atoms with van der Waals surface area (Å²) in [5, 5.41) is 0. The molecular weight excluding hydrogens is 288 g/mol. The molecule has 3 fully saturated rings. The van der Waals surface area contributed by atoms with Crippen LogP contribution in [0.25, 0.3) is 0 Å². The minimum Gasteiger partial charge on any atom is -0.347 e. The van der Waals surface area contributed by atoms with Gasteiger partial charge in [-0.05, 0) is 56.3 Å². The number of carbonyl (C=O) groups excluding carboxylic acids is 1. The van der Waals surface area contributed by atoms with Gasteiger partial charge in [0.2, 0.25) is 0 Å². The Morgan fingerprint density at radius 2 is 1.83 bits per heavy atom. The third-order valence-corrected chi connectivity index (χ3v) is 7.90.